The van der Waals surface area contributed by atoms with Crippen molar-refractivity contribution >= 4 is 17.8 Å². The number of benzene rings is 2. The van der Waals surface area contributed by atoms with Crippen molar-refractivity contribution < 1.29 is 23.5 Å². The molecule has 0 aromatic heterocycles. The summed E-state index contributed by atoms with van der Waals surface area (Å²) < 4.78 is 18.8. The predicted octanol–water partition coefficient (Wildman–Crippen LogP) is 1.92. The molecule has 4 amide bonds. The SMILES string of the molecule is COc1cccc([C@@]2(C)NC(=O)N(CC(=O)NCc3ccccc3F)C2=O)c1. The Morgan fingerprint density at radius 1 is 1.21 bits per heavy atom. The highest BCUT2D eigenvalue weighted by Crippen LogP contribution is 2.30. The maximum Gasteiger partial charge on any atom is 0.325 e. The van der Waals surface area contributed by atoms with Crippen LogP contribution < -0.4 is 15.4 Å². The lowest BCUT2D eigenvalue weighted by Crippen LogP contribution is -2.43. The minimum atomic E-state index is -1.31. The van der Waals surface area contributed by atoms with Crippen molar-refractivity contribution in [3.8, 4) is 5.75 Å². The van der Waals surface area contributed by atoms with Crippen molar-refractivity contribution in [2.75, 3.05) is 13.7 Å². The number of amides is 4. The fraction of sp³-hybridized carbons (Fsp3) is 0.250. The van der Waals surface area contributed by atoms with Gasteiger partial charge in [0.15, 0.2) is 0 Å². The lowest BCUT2D eigenvalue weighted by Gasteiger charge is -2.22. The Hall–Kier alpha value is -3.42. The molecule has 8 heteroatoms. The molecule has 0 spiro atoms. The summed E-state index contributed by atoms with van der Waals surface area (Å²) in [6.07, 6.45) is 0. The number of carbonyl (C=O) groups is 3. The number of ether oxygens (including phenoxy) is 1. The molecule has 7 nitrogen and oxygen atoms in total. The van der Waals surface area contributed by atoms with Gasteiger partial charge in [0.1, 0.15) is 23.7 Å². The van der Waals surface area contributed by atoms with E-state index in [1.165, 1.54) is 13.2 Å². The van der Waals surface area contributed by atoms with E-state index >= 15 is 0 Å². The minimum absolute atomic E-state index is 0.0394. The summed E-state index contributed by atoms with van der Waals surface area (Å²) in [5, 5.41) is 5.15. The Morgan fingerprint density at radius 3 is 2.68 bits per heavy atom. The highest BCUT2D eigenvalue weighted by atomic mass is 19.1. The first kappa shape index (κ1) is 19.3. The summed E-state index contributed by atoms with van der Waals surface area (Å²) in [5.74, 6) is -1.02. The van der Waals surface area contributed by atoms with Gasteiger partial charge in [-0.2, -0.15) is 0 Å². The van der Waals surface area contributed by atoms with Crippen LogP contribution in [0.3, 0.4) is 0 Å². The van der Waals surface area contributed by atoms with Gasteiger partial charge in [0.2, 0.25) is 5.91 Å². The number of hydrogen-bond donors (Lipinski definition) is 2. The van der Waals surface area contributed by atoms with Gasteiger partial charge < -0.3 is 15.4 Å². The third kappa shape index (κ3) is 3.66. The molecule has 1 atom stereocenters. The number of rotatable bonds is 6. The average Bonchev–Trinajstić information content (AvgIpc) is 2.91. The van der Waals surface area contributed by atoms with Crippen LogP contribution in [-0.4, -0.2) is 36.4 Å². The number of methoxy groups -OCH3 is 1. The summed E-state index contributed by atoms with van der Waals surface area (Å²) in [4.78, 5) is 38.2. The zero-order valence-electron chi connectivity index (χ0n) is 15.5. The van der Waals surface area contributed by atoms with Gasteiger partial charge in [-0.1, -0.05) is 30.3 Å². The highest BCUT2D eigenvalue weighted by molar-refractivity contribution is 6.09. The molecule has 1 aliphatic rings. The van der Waals surface area contributed by atoms with Crippen molar-refractivity contribution in [1.29, 1.82) is 0 Å². The van der Waals surface area contributed by atoms with Gasteiger partial charge in [0.25, 0.3) is 5.91 Å². The molecular weight excluding hydrogens is 365 g/mol. The maximum atomic E-state index is 13.6. The highest BCUT2D eigenvalue weighted by Gasteiger charge is 2.49. The van der Waals surface area contributed by atoms with Crippen molar-refractivity contribution in [3.05, 3.63) is 65.5 Å². The fourth-order valence-corrected chi connectivity index (χ4v) is 3.01. The Morgan fingerprint density at radius 2 is 1.96 bits per heavy atom. The maximum absolute atomic E-state index is 13.6. The molecular formula is C20H20FN3O4. The van der Waals surface area contributed by atoms with Crippen LogP contribution in [-0.2, 0) is 21.7 Å². The van der Waals surface area contributed by atoms with Gasteiger partial charge in [0, 0.05) is 12.1 Å². The van der Waals surface area contributed by atoms with Gasteiger partial charge in [-0.25, -0.2) is 9.18 Å². The first-order valence-electron chi connectivity index (χ1n) is 8.64. The Labute approximate surface area is 161 Å². The van der Waals surface area contributed by atoms with E-state index in [4.69, 9.17) is 4.74 Å². The second-order valence-electron chi connectivity index (χ2n) is 6.55. The summed E-state index contributed by atoms with van der Waals surface area (Å²) in [5.41, 5.74) is -0.453. The Balaban J connectivity index is 1.69. The Kier molecular flexibility index (Phi) is 5.30. The van der Waals surface area contributed by atoms with Crippen LogP contribution in [0.5, 0.6) is 5.75 Å². The van der Waals surface area contributed by atoms with Crippen molar-refractivity contribution in [2.45, 2.75) is 19.0 Å². The van der Waals surface area contributed by atoms with E-state index in [1.54, 1.807) is 49.4 Å². The van der Waals surface area contributed by atoms with Crippen LogP contribution in [0, 0.1) is 5.82 Å². The van der Waals surface area contributed by atoms with Crippen molar-refractivity contribution in [2.24, 2.45) is 0 Å². The molecule has 146 valence electrons. The number of carbonyl (C=O) groups excluding carboxylic acids is 3. The summed E-state index contributed by atoms with van der Waals surface area (Å²) in [7, 11) is 1.50. The molecule has 1 aliphatic heterocycles. The molecule has 0 bridgehead atoms. The van der Waals surface area contributed by atoms with E-state index in [0.29, 0.717) is 16.9 Å². The van der Waals surface area contributed by atoms with E-state index < -0.39 is 35.7 Å². The molecule has 1 heterocycles. The number of urea groups is 1. The van der Waals surface area contributed by atoms with Crippen molar-refractivity contribution in [1.82, 2.24) is 15.5 Å². The van der Waals surface area contributed by atoms with Crippen LogP contribution in [0.4, 0.5) is 9.18 Å². The van der Waals surface area contributed by atoms with Gasteiger partial charge >= 0.3 is 6.03 Å². The average molecular weight is 385 g/mol. The third-order valence-electron chi connectivity index (χ3n) is 4.66. The van der Waals surface area contributed by atoms with Gasteiger partial charge in [-0.05, 0) is 30.7 Å². The van der Waals surface area contributed by atoms with E-state index in [-0.39, 0.29) is 6.54 Å². The standard InChI is InChI=1S/C20H20FN3O4/c1-20(14-7-5-8-15(10-14)28-2)18(26)24(19(27)23-20)12-17(25)22-11-13-6-3-4-9-16(13)21/h3-10H,11-12H2,1-2H3,(H,22,25)(H,23,27)/t20-/m1/s1. The van der Waals surface area contributed by atoms with E-state index in [0.717, 1.165) is 4.90 Å². The first-order chi connectivity index (χ1) is 13.3. The van der Waals surface area contributed by atoms with Gasteiger partial charge in [-0.15, -0.1) is 0 Å². The van der Waals surface area contributed by atoms with Gasteiger partial charge in [0.05, 0.1) is 7.11 Å². The summed E-state index contributed by atoms with van der Waals surface area (Å²) in [6.45, 7) is 1.07. The van der Waals surface area contributed by atoms with Crippen LogP contribution in [0.1, 0.15) is 18.1 Å². The second-order valence-corrected chi connectivity index (χ2v) is 6.55. The molecule has 2 aromatic carbocycles. The van der Waals surface area contributed by atoms with Crippen LogP contribution in [0.15, 0.2) is 48.5 Å². The molecule has 0 radical (unpaired) electrons. The van der Waals surface area contributed by atoms with E-state index in [1.807, 2.05) is 0 Å². The smallest absolute Gasteiger partial charge is 0.325 e. The molecule has 0 aliphatic carbocycles. The third-order valence-corrected chi connectivity index (χ3v) is 4.66. The topological polar surface area (TPSA) is 87.7 Å². The minimum Gasteiger partial charge on any atom is -0.497 e. The van der Waals surface area contributed by atoms with Gasteiger partial charge in [-0.3, -0.25) is 14.5 Å². The summed E-state index contributed by atoms with van der Waals surface area (Å²) in [6, 6.07) is 12.2. The summed E-state index contributed by atoms with van der Waals surface area (Å²) >= 11 is 0. The van der Waals surface area contributed by atoms with E-state index in [9.17, 15) is 18.8 Å². The molecule has 3 rings (SSSR count). The molecule has 1 fully saturated rings. The number of hydrogen-bond acceptors (Lipinski definition) is 4. The quantitative estimate of drug-likeness (QED) is 0.744. The zero-order valence-corrected chi connectivity index (χ0v) is 15.5. The number of halogens is 1. The monoisotopic (exact) mass is 385 g/mol. The molecule has 2 N–H and O–H groups in total. The fourth-order valence-electron chi connectivity index (χ4n) is 3.01. The molecule has 28 heavy (non-hydrogen) atoms. The Bertz CT molecular complexity index is 933. The number of imide groups is 1. The molecule has 1 saturated heterocycles. The zero-order chi connectivity index (χ0) is 20.3. The normalized spacial score (nSPS) is 18.8. The van der Waals surface area contributed by atoms with E-state index in [2.05, 4.69) is 10.6 Å². The van der Waals surface area contributed by atoms with Crippen LogP contribution in [0.2, 0.25) is 0 Å². The van der Waals surface area contributed by atoms with Crippen LogP contribution in [0.25, 0.3) is 0 Å². The van der Waals surface area contributed by atoms with Crippen molar-refractivity contribution in [3.63, 3.8) is 0 Å². The number of nitrogens with zero attached hydrogens (tertiary/aromatic N) is 1. The predicted molar refractivity (Wildman–Crippen MR) is 98.8 cm³/mol. The lowest BCUT2D eigenvalue weighted by atomic mass is 9.92. The van der Waals surface area contributed by atoms with Crippen LogP contribution >= 0.6 is 0 Å². The lowest BCUT2D eigenvalue weighted by molar-refractivity contribution is -0.134. The molecule has 0 saturated carbocycles. The first-order valence-corrected chi connectivity index (χ1v) is 8.64. The molecule has 2 aromatic rings. The second kappa shape index (κ2) is 7.67. The molecule has 0 unspecified atom stereocenters. The number of nitrogens with one attached hydrogen (secondary N) is 2. The largest absolute Gasteiger partial charge is 0.497 e.